The highest BCUT2D eigenvalue weighted by Crippen LogP contribution is 2.24. The van der Waals surface area contributed by atoms with Gasteiger partial charge in [0, 0.05) is 24.0 Å². The quantitative estimate of drug-likeness (QED) is 0.680. The molecular formula is C18H17BrN4O3. The number of aromatic amines is 1. The second-order valence-electron chi connectivity index (χ2n) is 5.90. The summed E-state index contributed by atoms with van der Waals surface area (Å²) >= 11 is 3.40. The Morgan fingerprint density at radius 1 is 1.23 bits per heavy atom. The fourth-order valence-electron chi connectivity index (χ4n) is 2.36. The number of carbonyl (C=O) groups is 2. The summed E-state index contributed by atoms with van der Waals surface area (Å²) in [5, 5.41) is 10.7. The fraction of sp³-hybridized carbons (Fsp3) is 0.167. The number of H-pyrrole nitrogens is 1. The molecule has 0 bridgehead atoms. The predicted octanol–water partition coefficient (Wildman–Crippen LogP) is 3.57. The van der Waals surface area contributed by atoms with E-state index in [-0.39, 0.29) is 12.3 Å². The van der Waals surface area contributed by atoms with Crippen molar-refractivity contribution < 1.29 is 14.3 Å². The van der Waals surface area contributed by atoms with Gasteiger partial charge in [-0.15, -0.1) is 0 Å². The summed E-state index contributed by atoms with van der Waals surface area (Å²) in [4.78, 5) is 25.3. The van der Waals surface area contributed by atoms with Gasteiger partial charge in [-0.1, -0.05) is 28.1 Å². The van der Waals surface area contributed by atoms with Gasteiger partial charge in [0.1, 0.15) is 5.75 Å². The van der Waals surface area contributed by atoms with Gasteiger partial charge in [-0.2, -0.15) is 5.10 Å². The molecule has 0 atom stereocenters. The van der Waals surface area contributed by atoms with Gasteiger partial charge in [0.05, 0.1) is 11.9 Å². The number of halogens is 1. The van der Waals surface area contributed by atoms with Crippen molar-refractivity contribution in [2.75, 3.05) is 19.4 Å². The van der Waals surface area contributed by atoms with Crippen LogP contribution in [0.4, 0.5) is 10.6 Å². The highest BCUT2D eigenvalue weighted by atomic mass is 79.9. The number of benzene rings is 2. The molecule has 0 aliphatic heterocycles. The van der Waals surface area contributed by atoms with E-state index in [4.69, 9.17) is 4.74 Å². The lowest BCUT2D eigenvalue weighted by Gasteiger charge is -2.11. The van der Waals surface area contributed by atoms with Crippen molar-refractivity contribution in [1.29, 1.82) is 0 Å². The molecular weight excluding hydrogens is 400 g/mol. The molecule has 2 aromatic carbocycles. The van der Waals surface area contributed by atoms with Gasteiger partial charge in [-0.3, -0.25) is 9.89 Å². The van der Waals surface area contributed by atoms with Crippen LogP contribution in [0.25, 0.3) is 10.9 Å². The Hall–Kier alpha value is -2.87. The summed E-state index contributed by atoms with van der Waals surface area (Å²) in [5.74, 6) is 0.661. The zero-order chi connectivity index (χ0) is 18.7. The maximum atomic E-state index is 12.3. The van der Waals surface area contributed by atoms with Crippen LogP contribution in [0.2, 0.25) is 0 Å². The summed E-state index contributed by atoms with van der Waals surface area (Å²) in [5.41, 5.74) is 1.56. The second kappa shape index (κ2) is 7.57. The van der Waals surface area contributed by atoms with Crippen molar-refractivity contribution in [2.24, 2.45) is 0 Å². The van der Waals surface area contributed by atoms with Gasteiger partial charge in [0.15, 0.2) is 5.82 Å². The summed E-state index contributed by atoms with van der Waals surface area (Å²) in [6.45, 7) is 0. The molecule has 0 unspecified atom stereocenters. The Kier molecular flexibility index (Phi) is 5.22. The normalized spacial score (nSPS) is 10.6. The Bertz CT molecular complexity index is 968. The van der Waals surface area contributed by atoms with E-state index in [9.17, 15) is 9.59 Å². The van der Waals surface area contributed by atoms with E-state index < -0.39 is 6.09 Å². The van der Waals surface area contributed by atoms with Crippen LogP contribution in [-0.4, -0.2) is 41.2 Å². The number of amides is 2. The highest BCUT2D eigenvalue weighted by molar-refractivity contribution is 9.10. The van der Waals surface area contributed by atoms with E-state index in [1.165, 1.54) is 4.90 Å². The van der Waals surface area contributed by atoms with Crippen LogP contribution in [0.5, 0.6) is 5.75 Å². The number of nitrogens with one attached hydrogen (secondary N) is 2. The summed E-state index contributed by atoms with van der Waals surface area (Å²) in [7, 11) is 3.21. The maximum absolute atomic E-state index is 12.3. The van der Waals surface area contributed by atoms with Gasteiger partial charge >= 0.3 is 6.09 Å². The minimum absolute atomic E-state index is 0.137. The minimum atomic E-state index is -0.472. The number of ether oxygens (including phenoxy) is 1. The molecule has 8 heteroatoms. The largest absolute Gasteiger partial charge is 0.414 e. The number of hydrogen-bond acceptors (Lipinski definition) is 4. The molecule has 134 valence electrons. The molecule has 2 N–H and O–H groups in total. The molecule has 0 fully saturated rings. The zero-order valence-electron chi connectivity index (χ0n) is 14.2. The number of nitrogens with zero attached hydrogens (tertiary/aromatic N) is 2. The first-order valence-electron chi connectivity index (χ1n) is 7.84. The van der Waals surface area contributed by atoms with Crippen LogP contribution in [-0.2, 0) is 11.2 Å². The Morgan fingerprint density at radius 3 is 2.81 bits per heavy atom. The van der Waals surface area contributed by atoms with Crippen LogP contribution >= 0.6 is 15.9 Å². The maximum Gasteiger partial charge on any atom is 0.414 e. The van der Waals surface area contributed by atoms with E-state index in [0.29, 0.717) is 11.6 Å². The molecule has 3 aromatic rings. The number of aromatic nitrogens is 2. The lowest BCUT2D eigenvalue weighted by Crippen LogP contribution is -2.25. The van der Waals surface area contributed by atoms with Crippen LogP contribution in [0.15, 0.2) is 46.9 Å². The van der Waals surface area contributed by atoms with Crippen molar-refractivity contribution >= 4 is 44.7 Å². The average Bonchev–Trinajstić information content (AvgIpc) is 2.96. The molecule has 1 aromatic heterocycles. The first kappa shape index (κ1) is 17.9. The third kappa shape index (κ3) is 4.20. The molecule has 0 radical (unpaired) electrons. The standard InChI is InChI=1S/C18H17BrN4O3/c1-23(2)18(25)26-13-5-3-4-11(8-13)9-16(24)20-17-14-7-6-12(19)10-15(14)21-22-17/h3-8,10H,9H2,1-2H3,(H2,20,21,22,24). The smallest absolute Gasteiger partial charge is 0.410 e. The molecule has 26 heavy (non-hydrogen) atoms. The number of anilines is 1. The highest BCUT2D eigenvalue weighted by Gasteiger charge is 2.12. The van der Waals surface area contributed by atoms with Gasteiger partial charge in [0.2, 0.25) is 5.91 Å². The van der Waals surface area contributed by atoms with Crippen LogP contribution in [0, 0.1) is 0 Å². The lowest BCUT2D eigenvalue weighted by atomic mass is 10.1. The molecule has 0 aliphatic rings. The third-order valence-electron chi connectivity index (χ3n) is 3.62. The van der Waals surface area contributed by atoms with E-state index in [1.807, 2.05) is 18.2 Å². The molecule has 2 amide bonds. The third-order valence-corrected chi connectivity index (χ3v) is 4.11. The summed E-state index contributed by atoms with van der Waals surface area (Å²) in [6.07, 6.45) is -0.334. The van der Waals surface area contributed by atoms with Gasteiger partial charge in [0.25, 0.3) is 0 Å². The van der Waals surface area contributed by atoms with Crippen molar-refractivity contribution in [3.05, 3.63) is 52.5 Å². The van der Waals surface area contributed by atoms with Crippen molar-refractivity contribution in [3.8, 4) is 5.75 Å². The van der Waals surface area contributed by atoms with Gasteiger partial charge in [-0.05, 0) is 35.9 Å². The number of fused-ring (bicyclic) bond motifs is 1. The topological polar surface area (TPSA) is 87.3 Å². The first-order valence-corrected chi connectivity index (χ1v) is 8.63. The average molecular weight is 417 g/mol. The number of hydrogen-bond donors (Lipinski definition) is 2. The number of carbonyl (C=O) groups excluding carboxylic acids is 2. The monoisotopic (exact) mass is 416 g/mol. The van der Waals surface area contributed by atoms with Crippen LogP contribution in [0.1, 0.15) is 5.56 Å². The fourth-order valence-corrected chi connectivity index (χ4v) is 2.72. The van der Waals surface area contributed by atoms with Crippen molar-refractivity contribution in [3.63, 3.8) is 0 Å². The molecule has 3 rings (SSSR count). The second-order valence-corrected chi connectivity index (χ2v) is 6.81. The summed E-state index contributed by atoms with van der Waals surface area (Å²) in [6, 6.07) is 12.5. The Balaban J connectivity index is 1.69. The van der Waals surface area contributed by atoms with Crippen LogP contribution < -0.4 is 10.1 Å². The van der Waals surface area contributed by atoms with E-state index in [0.717, 1.165) is 20.9 Å². The van der Waals surface area contributed by atoms with E-state index >= 15 is 0 Å². The lowest BCUT2D eigenvalue weighted by molar-refractivity contribution is -0.115. The molecule has 0 spiro atoms. The molecule has 0 aliphatic carbocycles. The van der Waals surface area contributed by atoms with Crippen LogP contribution in [0.3, 0.4) is 0 Å². The van der Waals surface area contributed by atoms with Gasteiger partial charge in [-0.25, -0.2) is 4.79 Å². The Labute approximate surface area is 158 Å². The molecule has 1 heterocycles. The first-order chi connectivity index (χ1) is 12.4. The SMILES string of the molecule is CN(C)C(=O)Oc1cccc(CC(=O)Nc2n[nH]c3cc(Br)ccc23)c1. The molecule has 0 saturated carbocycles. The van der Waals surface area contributed by atoms with Crippen molar-refractivity contribution in [1.82, 2.24) is 15.1 Å². The molecule has 0 saturated heterocycles. The molecule has 7 nitrogen and oxygen atoms in total. The van der Waals surface area contributed by atoms with E-state index in [2.05, 4.69) is 31.4 Å². The minimum Gasteiger partial charge on any atom is -0.410 e. The van der Waals surface area contributed by atoms with Crippen molar-refractivity contribution in [2.45, 2.75) is 6.42 Å². The predicted molar refractivity (Wildman–Crippen MR) is 102 cm³/mol. The number of rotatable bonds is 4. The van der Waals surface area contributed by atoms with Gasteiger partial charge < -0.3 is 15.0 Å². The Morgan fingerprint density at radius 2 is 2.04 bits per heavy atom. The zero-order valence-corrected chi connectivity index (χ0v) is 15.8. The van der Waals surface area contributed by atoms with E-state index in [1.54, 1.807) is 38.4 Å². The summed E-state index contributed by atoms with van der Waals surface area (Å²) < 4.78 is 6.13.